The summed E-state index contributed by atoms with van der Waals surface area (Å²) in [6.45, 7) is 1.71. The third kappa shape index (κ3) is 1.79. The first-order chi connectivity index (χ1) is 7.81. The molecular weight excluding hydrogens is 224 g/mol. The van der Waals surface area contributed by atoms with E-state index in [4.69, 9.17) is 21.1 Å². The van der Waals surface area contributed by atoms with Crippen LogP contribution in [0.4, 0.5) is 0 Å². The number of alkyl halides is 1. The highest BCUT2D eigenvalue weighted by Gasteiger charge is 2.56. The van der Waals surface area contributed by atoms with E-state index in [1.165, 1.54) is 38.5 Å². The van der Waals surface area contributed by atoms with Gasteiger partial charge in [-0.2, -0.15) is 0 Å². The Morgan fingerprint density at radius 1 is 1.25 bits per heavy atom. The maximum atomic E-state index is 6.39. The summed E-state index contributed by atoms with van der Waals surface area (Å²) < 4.78 is 11.7. The SMILES string of the molecule is ClC1CC(OCC2CCCO2)C12CCCC2. The molecule has 0 aromatic rings. The highest BCUT2D eigenvalue weighted by atomic mass is 35.5. The van der Waals surface area contributed by atoms with Crippen LogP contribution in [0, 0.1) is 5.41 Å². The normalized spacial score (nSPS) is 41.4. The van der Waals surface area contributed by atoms with Crippen LogP contribution >= 0.6 is 11.6 Å². The van der Waals surface area contributed by atoms with Gasteiger partial charge in [0.25, 0.3) is 0 Å². The second kappa shape index (κ2) is 4.47. The Labute approximate surface area is 103 Å². The molecule has 2 saturated carbocycles. The van der Waals surface area contributed by atoms with E-state index in [1.807, 2.05) is 0 Å². The fourth-order valence-electron chi connectivity index (χ4n) is 3.60. The number of rotatable bonds is 3. The van der Waals surface area contributed by atoms with Gasteiger partial charge in [0.05, 0.1) is 18.8 Å². The molecule has 92 valence electrons. The molecule has 1 spiro atoms. The zero-order valence-electron chi connectivity index (χ0n) is 9.79. The molecule has 3 unspecified atom stereocenters. The molecule has 0 aromatic carbocycles. The Kier molecular flexibility index (Phi) is 3.16. The van der Waals surface area contributed by atoms with E-state index in [1.54, 1.807) is 0 Å². The first-order valence-corrected chi connectivity index (χ1v) is 7.12. The Hall–Kier alpha value is 0.210. The molecule has 1 aliphatic heterocycles. The lowest BCUT2D eigenvalue weighted by atomic mass is 9.64. The predicted molar refractivity (Wildman–Crippen MR) is 63.9 cm³/mol. The second-order valence-electron chi connectivity index (χ2n) is 5.60. The molecular formula is C13H21ClO2. The van der Waals surface area contributed by atoms with Gasteiger partial charge in [-0.25, -0.2) is 0 Å². The van der Waals surface area contributed by atoms with Crippen LogP contribution in [0.3, 0.4) is 0 Å². The summed E-state index contributed by atoms with van der Waals surface area (Å²) in [6, 6.07) is 0. The molecule has 2 aliphatic carbocycles. The van der Waals surface area contributed by atoms with Crippen molar-refractivity contribution in [3.63, 3.8) is 0 Å². The fraction of sp³-hybridized carbons (Fsp3) is 1.00. The quantitative estimate of drug-likeness (QED) is 0.711. The van der Waals surface area contributed by atoms with E-state index in [0.717, 1.165) is 19.6 Å². The molecule has 1 heterocycles. The van der Waals surface area contributed by atoms with Gasteiger partial charge in [-0.05, 0) is 32.1 Å². The van der Waals surface area contributed by atoms with Crippen molar-refractivity contribution in [2.75, 3.05) is 13.2 Å². The second-order valence-corrected chi connectivity index (χ2v) is 6.13. The van der Waals surface area contributed by atoms with Gasteiger partial charge >= 0.3 is 0 Å². The van der Waals surface area contributed by atoms with Crippen LogP contribution in [0.15, 0.2) is 0 Å². The van der Waals surface area contributed by atoms with Crippen molar-refractivity contribution < 1.29 is 9.47 Å². The smallest absolute Gasteiger partial charge is 0.0809 e. The zero-order valence-corrected chi connectivity index (χ0v) is 10.5. The lowest BCUT2D eigenvalue weighted by molar-refractivity contribution is -0.125. The van der Waals surface area contributed by atoms with Crippen LogP contribution in [0.5, 0.6) is 0 Å². The van der Waals surface area contributed by atoms with Crippen molar-refractivity contribution in [2.24, 2.45) is 5.41 Å². The predicted octanol–water partition coefficient (Wildman–Crippen LogP) is 3.12. The highest BCUT2D eigenvalue weighted by Crippen LogP contribution is 2.57. The molecule has 16 heavy (non-hydrogen) atoms. The van der Waals surface area contributed by atoms with E-state index in [2.05, 4.69) is 0 Å². The van der Waals surface area contributed by atoms with Gasteiger partial charge in [0.15, 0.2) is 0 Å². The molecule has 3 aliphatic rings. The van der Waals surface area contributed by atoms with Gasteiger partial charge in [0.2, 0.25) is 0 Å². The van der Waals surface area contributed by atoms with Crippen LogP contribution in [-0.4, -0.2) is 30.8 Å². The molecule has 0 radical (unpaired) electrons. The van der Waals surface area contributed by atoms with Crippen LogP contribution in [0.1, 0.15) is 44.9 Å². The Morgan fingerprint density at radius 2 is 2.06 bits per heavy atom. The molecule has 3 rings (SSSR count). The van der Waals surface area contributed by atoms with Gasteiger partial charge in [-0.1, -0.05) is 12.8 Å². The van der Waals surface area contributed by atoms with Crippen LogP contribution in [-0.2, 0) is 9.47 Å². The summed E-state index contributed by atoms with van der Waals surface area (Å²) in [5.41, 5.74) is 0.333. The van der Waals surface area contributed by atoms with Crippen LogP contribution in [0.25, 0.3) is 0 Å². The van der Waals surface area contributed by atoms with E-state index in [-0.39, 0.29) is 0 Å². The van der Waals surface area contributed by atoms with Crippen LogP contribution in [0.2, 0.25) is 0 Å². The largest absolute Gasteiger partial charge is 0.376 e. The Morgan fingerprint density at radius 3 is 2.69 bits per heavy atom. The van der Waals surface area contributed by atoms with Crippen molar-refractivity contribution in [3.05, 3.63) is 0 Å². The zero-order chi connectivity index (χ0) is 11.0. The minimum absolute atomic E-state index is 0.333. The number of halogens is 1. The summed E-state index contributed by atoms with van der Waals surface area (Å²) in [5.74, 6) is 0. The van der Waals surface area contributed by atoms with Crippen molar-refractivity contribution >= 4 is 11.6 Å². The van der Waals surface area contributed by atoms with Crippen LogP contribution < -0.4 is 0 Å². The first-order valence-electron chi connectivity index (χ1n) is 6.68. The third-order valence-electron chi connectivity index (χ3n) is 4.73. The lowest BCUT2D eigenvalue weighted by Gasteiger charge is -2.51. The Bertz CT molecular complexity index is 244. The maximum absolute atomic E-state index is 6.39. The Balaban J connectivity index is 1.51. The van der Waals surface area contributed by atoms with E-state index in [9.17, 15) is 0 Å². The van der Waals surface area contributed by atoms with E-state index in [0.29, 0.717) is 23.0 Å². The highest BCUT2D eigenvalue weighted by molar-refractivity contribution is 6.21. The molecule has 0 bridgehead atoms. The number of ether oxygens (including phenoxy) is 2. The summed E-state index contributed by atoms with van der Waals surface area (Å²) in [6.07, 6.45) is 9.41. The fourth-order valence-corrected chi connectivity index (χ4v) is 4.12. The molecule has 1 saturated heterocycles. The first kappa shape index (κ1) is 11.3. The number of hydrogen-bond acceptors (Lipinski definition) is 2. The van der Waals surface area contributed by atoms with Gasteiger partial charge in [-0.15, -0.1) is 11.6 Å². The average molecular weight is 245 g/mol. The summed E-state index contributed by atoms with van der Waals surface area (Å²) >= 11 is 6.39. The van der Waals surface area contributed by atoms with Gasteiger partial charge in [0.1, 0.15) is 0 Å². The molecule has 3 fully saturated rings. The minimum atomic E-state index is 0.333. The molecule has 0 N–H and O–H groups in total. The van der Waals surface area contributed by atoms with Crippen molar-refractivity contribution in [3.8, 4) is 0 Å². The topological polar surface area (TPSA) is 18.5 Å². The average Bonchev–Trinajstić information content (AvgIpc) is 2.95. The molecule has 3 heteroatoms. The van der Waals surface area contributed by atoms with E-state index < -0.39 is 0 Å². The molecule has 3 atom stereocenters. The maximum Gasteiger partial charge on any atom is 0.0809 e. The summed E-state index contributed by atoms with van der Waals surface area (Å²) in [7, 11) is 0. The van der Waals surface area contributed by atoms with Gasteiger partial charge in [-0.3, -0.25) is 0 Å². The monoisotopic (exact) mass is 244 g/mol. The molecule has 0 aromatic heterocycles. The summed E-state index contributed by atoms with van der Waals surface area (Å²) in [5, 5.41) is 0.365. The van der Waals surface area contributed by atoms with Crippen molar-refractivity contribution in [2.45, 2.75) is 62.5 Å². The van der Waals surface area contributed by atoms with Gasteiger partial charge in [0, 0.05) is 17.4 Å². The van der Waals surface area contributed by atoms with E-state index >= 15 is 0 Å². The van der Waals surface area contributed by atoms with Crippen molar-refractivity contribution in [1.29, 1.82) is 0 Å². The summed E-state index contributed by atoms with van der Waals surface area (Å²) in [4.78, 5) is 0. The van der Waals surface area contributed by atoms with Gasteiger partial charge < -0.3 is 9.47 Å². The minimum Gasteiger partial charge on any atom is -0.376 e. The van der Waals surface area contributed by atoms with Crippen molar-refractivity contribution in [1.82, 2.24) is 0 Å². The third-order valence-corrected chi connectivity index (χ3v) is 5.34. The molecule has 2 nitrogen and oxygen atoms in total. The standard InChI is InChI=1S/C13H21ClO2/c14-11-8-12(13(11)5-1-2-6-13)16-9-10-4-3-7-15-10/h10-12H,1-9H2. The molecule has 0 amide bonds. The number of hydrogen-bond donors (Lipinski definition) is 0. The lowest BCUT2D eigenvalue weighted by Crippen LogP contribution is -2.54.